The number of benzene rings is 2. The van der Waals surface area contributed by atoms with Crippen LogP contribution >= 0.6 is 11.8 Å². The molecule has 0 aliphatic heterocycles. The molecule has 0 bridgehead atoms. The van der Waals surface area contributed by atoms with Gasteiger partial charge in [-0.05, 0) is 60.3 Å². The van der Waals surface area contributed by atoms with Crippen LogP contribution in [0.5, 0.6) is 0 Å². The molecule has 0 aliphatic rings. The van der Waals surface area contributed by atoms with Crippen molar-refractivity contribution in [1.29, 1.82) is 0 Å². The number of carbonyl (C=O) groups is 2. The van der Waals surface area contributed by atoms with E-state index in [0.29, 0.717) is 5.69 Å². The Labute approximate surface area is 151 Å². The van der Waals surface area contributed by atoms with Gasteiger partial charge in [-0.2, -0.15) is 13.2 Å². The smallest absolute Gasteiger partial charge is 0.370 e. The minimum Gasteiger partial charge on any atom is -0.370 e. The van der Waals surface area contributed by atoms with E-state index in [0.717, 1.165) is 12.1 Å². The zero-order valence-electron chi connectivity index (χ0n) is 13.3. The zero-order valence-corrected chi connectivity index (χ0v) is 14.1. The minimum atomic E-state index is -4.42. The summed E-state index contributed by atoms with van der Waals surface area (Å²) in [7, 11) is 0. The predicted molar refractivity (Wildman–Crippen MR) is 90.2 cm³/mol. The first kappa shape index (κ1) is 19.8. The minimum absolute atomic E-state index is 0.0428. The largest absolute Gasteiger partial charge is 0.446 e. The van der Waals surface area contributed by atoms with Crippen LogP contribution in [-0.2, 0) is 4.79 Å². The summed E-state index contributed by atoms with van der Waals surface area (Å²) in [5.41, 5.74) is 1.16. The molecule has 0 radical (unpaired) electrons. The van der Waals surface area contributed by atoms with Gasteiger partial charge < -0.3 is 10.6 Å². The molecule has 26 heavy (non-hydrogen) atoms. The number of hydrogen-bond donors (Lipinski definition) is 1. The molecule has 0 spiro atoms. The molecule has 0 fully saturated rings. The van der Waals surface area contributed by atoms with Gasteiger partial charge in [-0.1, -0.05) is 0 Å². The van der Waals surface area contributed by atoms with Crippen molar-refractivity contribution in [3.63, 3.8) is 0 Å². The number of primary amides is 1. The monoisotopic (exact) mass is 386 g/mol. The average molecular weight is 386 g/mol. The lowest BCUT2D eigenvalue weighted by Gasteiger charge is -2.22. The van der Waals surface area contributed by atoms with Crippen LogP contribution in [0.1, 0.15) is 16.8 Å². The normalized spacial score (nSPS) is 11.2. The molecule has 0 heterocycles. The number of carbonyl (C=O) groups excluding carboxylic acids is 2. The molecule has 138 valence electrons. The third-order valence-corrected chi connectivity index (χ3v) is 4.04. The summed E-state index contributed by atoms with van der Waals surface area (Å²) >= 11 is -0.286. The Bertz CT molecular complexity index is 777. The fraction of sp³-hybridized carbons (Fsp3) is 0.176. The molecule has 9 heteroatoms. The van der Waals surface area contributed by atoms with Gasteiger partial charge in [-0.3, -0.25) is 9.59 Å². The van der Waals surface area contributed by atoms with Gasteiger partial charge in [0.1, 0.15) is 5.82 Å². The SMILES string of the molecule is NC(=O)CCN(C(=O)c1ccc(SC(F)(F)F)cc1)c1ccc(F)cc1. The zero-order chi connectivity index (χ0) is 19.3. The molecule has 0 atom stereocenters. The number of thioether (sulfide) groups is 1. The maximum Gasteiger partial charge on any atom is 0.446 e. The first-order chi connectivity index (χ1) is 12.2. The van der Waals surface area contributed by atoms with Crippen LogP contribution < -0.4 is 10.6 Å². The third kappa shape index (κ3) is 5.76. The summed E-state index contributed by atoms with van der Waals surface area (Å²) in [6, 6.07) is 9.93. The van der Waals surface area contributed by atoms with Crippen molar-refractivity contribution >= 4 is 29.3 Å². The second-order valence-electron chi connectivity index (χ2n) is 5.22. The van der Waals surface area contributed by atoms with Crippen molar-refractivity contribution in [2.45, 2.75) is 16.8 Å². The maximum absolute atomic E-state index is 13.1. The molecule has 0 aliphatic carbocycles. The van der Waals surface area contributed by atoms with Crippen molar-refractivity contribution in [1.82, 2.24) is 0 Å². The molecular weight excluding hydrogens is 372 g/mol. The van der Waals surface area contributed by atoms with E-state index in [-0.39, 0.29) is 35.2 Å². The van der Waals surface area contributed by atoms with Gasteiger partial charge in [0, 0.05) is 29.1 Å². The number of anilines is 1. The molecule has 2 aromatic carbocycles. The number of nitrogens with two attached hydrogens (primary N) is 1. The molecule has 2 aromatic rings. The highest BCUT2D eigenvalue weighted by Gasteiger charge is 2.29. The first-order valence-corrected chi connectivity index (χ1v) is 8.19. The van der Waals surface area contributed by atoms with Gasteiger partial charge in [-0.15, -0.1) is 0 Å². The summed E-state index contributed by atoms with van der Waals surface area (Å²) in [6.07, 6.45) is -0.120. The summed E-state index contributed by atoms with van der Waals surface area (Å²) in [4.78, 5) is 24.9. The second kappa shape index (κ2) is 8.22. The average Bonchev–Trinajstić information content (AvgIpc) is 2.55. The first-order valence-electron chi connectivity index (χ1n) is 7.37. The Balaban J connectivity index is 2.24. The fourth-order valence-corrected chi connectivity index (χ4v) is 2.69. The van der Waals surface area contributed by atoms with Crippen molar-refractivity contribution in [3.8, 4) is 0 Å². The summed E-state index contributed by atoms with van der Waals surface area (Å²) in [5, 5.41) is 0. The van der Waals surface area contributed by atoms with E-state index in [1.807, 2.05) is 0 Å². The van der Waals surface area contributed by atoms with E-state index >= 15 is 0 Å². The lowest BCUT2D eigenvalue weighted by Crippen LogP contribution is -2.34. The van der Waals surface area contributed by atoms with Gasteiger partial charge in [0.15, 0.2) is 0 Å². The van der Waals surface area contributed by atoms with Crippen molar-refractivity contribution < 1.29 is 27.2 Å². The van der Waals surface area contributed by atoms with E-state index in [1.165, 1.54) is 41.3 Å². The van der Waals surface area contributed by atoms with Crippen LogP contribution in [0.4, 0.5) is 23.2 Å². The van der Waals surface area contributed by atoms with E-state index in [1.54, 1.807) is 0 Å². The van der Waals surface area contributed by atoms with Gasteiger partial charge in [0.2, 0.25) is 5.91 Å². The lowest BCUT2D eigenvalue weighted by molar-refractivity contribution is -0.117. The van der Waals surface area contributed by atoms with Crippen LogP contribution in [0, 0.1) is 5.82 Å². The summed E-state index contributed by atoms with van der Waals surface area (Å²) in [6.45, 7) is -0.0428. The highest BCUT2D eigenvalue weighted by atomic mass is 32.2. The number of alkyl halides is 3. The van der Waals surface area contributed by atoms with E-state index in [2.05, 4.69) is 0 Å². The fourth-order valence-electron chi connectivity index (χ4n) is 2.15. The van der Waals surface area contributed by atoms with E-state index < -0.39 is 23.1 Å². The molecule has 0 saturated heterocycles. The Hall–Kier alpha value is -2.55. The summed E-state index contributed by atoms with van der Waals surface area (Å²) in [5.74, 6) is -1.66. The highest BCUT2D eigenvalue weighted by molar-refractivity contribution is 8.00. The van der Waals surface area contributed by atoms with Crippen molar-refractivity contribution in [3.05, 3.63) is 59.9 Å². The Morgan fingerprint density at radius 1 is 1.00 bits per heavy atom. The topological polar surface area (TPSA) is 63.4 Å². The number of nitrogens with zero attached hydrogens (tertiary/aromatic N) is 1. The van der Waals surface area contributed by atoms with Gasteiger partial charge in [-0.25, -0.2) is 4.39 Å². The van der Waals surface area contributed by atoms with Crippen LogP contribution in [0.2, 0.25) is 0 Å². The molecule has 0 saturated carbocycles. The summed E-state index contributed by atoms with van der Waals surface area (Å²) < 4.78 is 50.2. The van der Waals surface area contributed by atoms with Gasteiger partial charge >= 0.3 is 5.51 Å². The molecule has 2 N–H and O–H groups in total. The highest BCUT2D eigenvalue weighted by Crippen LogP contribution is 2.36. The van der Waals surface area contributed by atoms with Crippen LogP contribution in [0.15, 0.2) is 53.4 Å². The molecule has 0 aromatic heterocycles. The lowest BCUT2D eigenvalue weighted by atomic mass is 10.1. The van der Waals surface area contributed by atoms with Crippen LogP contribution in [0.3, 0.4) is 0 Å². The number of amides is 2. The van der Waals surface area contributed by atoms with Gasteiger partial charge in [0.25, 0.3) is 5.91 Å². The molecular formula is C17H14F4N2O2S. The molecule has 2 rings (SSSR count). The standard InChI is InChI=1S/C17H14F4N2O2S/c18-12-3-5-13(6-4-12)23(10-9-15(22)24)16(25)11-1-7-14(8-2-11)26-17(19,20)21/h1-8H,9-10H2,(H2,22,24). The second-order valence-corrected chi connectivity index (χ2v) is 6.36. The Kier molecular flexibility index (Phi) is 6.25. The Morgan fingerprint density at radius 3 is 2.08 bits per heavy atom. The molecule has 0 unspecified atom stereocenters. The van der Waals surface area contributed by atoms with Crippen molar-refractivity contribution in [2.75, 3.05) is 11.4 Å². The number of hydrogen-bond acceptors (Lipinski definition) is 3. The number of rotatable bonds is 6. The predicted octanol–water partition coefficient (Wildman–Crippen LogP) is 3.96. The molecule has 4 nitrogen and oxygen atoms in total. The van der Waals surface area contributed by atoms with Crippen LogP contribution in [0.25, 0.3) is 0 Å². The van der Waals surface area contributed by atoms with Crippen LogP contribution in [-0.4, -0.2) is 23.9 Å². The van der Waals surface area contributed by atoms with E-state index in [9.17, 15) is 27.2 Å². The maximum atomic E-state index is 13.1. The molecule has 2 amide bonds. The van der Waals surface area contributed by atoms with Crippen molar-refractivity contribution in [2.24, 2.45) is 5.73 Å². The third-order valence-electron chi connectivity index (χ3n) is 3.30. The number of halogens is 4. The Morgan fingerprint density at radius 2 is 1.58 bits per heavy atom. The van der Waals surface area contributed by atoms with Gasteiger partial charge in [0.05, 0.1) is 0 Å². The van der Waals surface area contributed by atoms with E-state index in [4.69, 9.17) is 5.73 Å². The quantitative estimate of drug-likeness (QED) is 0.604.